The summed E-state index contributed by atoms with van der Waals surface area (Å²) in [5.74, 6) is -2.57. The van der Waals surface area contributed by atoms with Crippen molar-refractivity contribution in [1.29, 1.82) is 0 Å². The first-order valence-electron chi connectivity index (χ1n) is 5.32. The maximum atomic E-state index is 13.4. The summed E-state index contributed by atoms with van der Waals surface area (Å²) in [7, 11) is -3.92. The van der Waals surface area contributed by atoms with E-state index in [9.17, 15) is 17.2 Å². The number of nitrogens with zero attached hydrogens (tertiary/aromatic N) is 1. The van der Waals surface area contributed by atoms with E-state index in [2.05, 4.69) is 14.9 Å². The predicted molar refractivity (Wildman–Crippen MR) is 65.9 cm³/mol. The van der Waals surface area contributed by atoms with Crippen molar-refractivity contribution < 1.29 is 17.2 Å². The number of halogens is 2. The molecular formula is C11H11F2N3O2S. The van der Waals surface area contributed by atoms with E-state index in [-0.39, 0.29) is 5.69 Å². The molecule has 5 nitrogen and oxygen atoms in total. The van der Waals surface area contributed by atoms with E-state index >= 15 is 0 Å². The number of aromatic amines is 1. The molecule has 1 aromatic carbocycles. The molecule has 0 fully saturated rings. The van der Waals surface area contributed by atoms with Crippen molar-refractivity contribution in [3.05, 3.63) is 47.3 Å². The normalized spacial score (nSPS) is 11.5. The number of aryl methyl sites for hydroxylation is 1. The number of anilines is 1. The van der Waals surface area contributed by atoms with Crippen molar-refractivity contribution in [2.75, 3.05) is 4.72 Å². The average molecular weight is 287 g/mol. The Bertz CT molecular complexity index is 677. The van der Waals surface area contributed by atoms with E-state index < -0.39 is 33.0 Å². The zero-order chi connectivity index (χ0) is 14.0. The lowest BCUT2D eigenvalue weighted by Gasteiger charge is -2.08. The quantitative estimate of drug-likeness (QED) is 0.902. The van der Waals surface area contributed by atoms with E-state index in [1.807, 2.05) is 0 Å². The summed E-state index contributed by atoms with van der Waals surface area (Å²) in [4.78, 5) is 0. The Morgan fingerprint density at radius 1 is 1.32 bits per heavy atom. The van der Waals surface area contributed by atoms with Crippen LogP contribution in [-0.4, -0.2) is 18.6 Å². The molecule has 0 atom stereocenters. The second kappa shape index (κ2) is 4.96. The first kappa shape index (κ1) is 13.5. The molecule has 2 N–H and O–H groups in total. The van der Waals surface area contributed by atoms with Crippen LogP contribution < -0.4 is 4.72 Å². The number of sulfonamides is 1. The number of hydrogen-bond donors (Lipinski definition) is 2. The molecule has 2 rings (SSSR count). The summed E-state index contributed by atoms with van der Waals surface area (Å²) >= 11 is 0. The largest absolute Gasteiger partial charge is 0.281 e. The average Bonchev–Trinajstić information content (AvgIpc) is 2.69. The third kappa shape index (κ3) is 3.08. The molecule has 0 saturated carbocycles. The van der Waals surface area contributed by atoms with Crippen molar-refractivity contribution >= 4 is 15.7 Å². The van der Waals surface area contributed by atoms with E-state index in [0.29, 0.717) is 5.69 Å². The minimum absolute atomic E-state index is 0.247. The van der Waals surface area contributed by atoms with Crippen LogP contribution in [0.15, 0.2) is 24.4 Å². The van der Waals surface area contributed by atoms with Crippen LogP contribution in [0.2, 0.25) is 0 Å². The van der Waals surface area contributed by atoms with Gasteiger partial charge in [-0.05, 0) is 19.1 Å². The zero-order valence-corrected chi connectivity index (χ0v) is 10.8. The van der Waals surface area contributed by atoms with Gasteiger partial charge in [-0.15, -0.1) is 0 Å². The molecule has 102 valence electrons. The topological polar surface area (TPSA) is 74.8 Å². The molecule has 19 heavy (non-hydrogen) atoms. The summed E-state index contributed by atoms with van der Waals surface area (Å²) in [6.07, 6.45) is 1.28. The summed E-state index contributed by atoms with van der Waals surface area (Å²) in [5, 5.41) is 6.20. The monoisotopic (exact) mass is 287 g/mol. The smallest absolute Gasteiger partial charge is 0.237 e. The number of rotatable bonds is 4. The Kier molecular flexibility index (Phi) is 3.52. The number of benzene rings is 1. The Labute approximate surface area is 108 Å². The molecule has 0 saturated heterocycles. The first-order chi connectivity index (χ1) is 8.89. The highest BCUT2D eigenvalue weighted by Crippen LogP contribution is 2.18. The van der Waals surface area contributed by atoms with Crippen molar-refractivity contribution in [3.8, 4) is 0 Å². The molecule has 2 aromatic rings. The third-order valence-electron chi connectivity index (χ3n) is 2.49. The Balaban J connectivity index is 2.25. The first-order valence-corrected chi connectivity index (χ1v) is 6.97. The molecule has 0 aliphatic carbocycles. The molecule has 0 bridgehead atoms. The molecule has 0 aliphatic heterocycles. The summed E-state index contributed by atoms with van der Waals surface area (Å²) in [5.41, 5.74) is 0.269. The van der Waals surface area contributed by atoms with Gasteiger partial charge in [0.1, 0.15) is 17.4 Å². The van der Waals surface area contributed by atoms with Gasteiger partial charge in [0.05, 0.1) is 17.6 Å². The van der Waals surface area contributed by atoms with Crippen LogP contribution in [0.1, 0.15) is 11.3 Å². The lowest BCUT2D eigenvalue weighted by molar-refractivity contribution is 0.557. The molecule has 0 radical (unpaired) electrons. The van der Waals surface area contributed by atoms with Crippen LogP contribution in [0.3, 0.4) is 0 Å². The van der Waals surface area contributed by atoms with Crippen molar-refractivity contribution in [2.24, 2.45) is 0 Å². The number of hydrogen-bond acceptors (Lipinski definition) is 3. The van der Waals surface area contributed by atoms with Gasteiger partial charge in [-0.3, -0.25) is 9.82 Å². The van der Waals surface area contributed by atoms with Crippen LogP contribution in [0, 0.1) is 18.6 Å². The van der Waals surface area contributed by atoms with Crippen LogP contribution in [0.25, 0.3) is 0 Å². The van der Waals surface area contributed by atoms with Crippen LogP contribution >= 0.6 is 0 Å². The number of aromatic nitrogens is 2. The fraction of sp³-hybridized carbons (Fsp3) is 0.182. The Morgan fingerprint density at radius 3 is 2.47 bits per heavy atom. The van der Waals surface area contributed by atoms with Crippen molar-refractivity contribution in [3.63, 3.8) is 0 Å². The van der Waals surface area contributed by atoms with Gasteiger partial charge in [0.15, 0.2) is 0 Å². The molecule has 1 aromatic heterocycles. The molecule has 0 aliphatic rings. The van der Waals surface area contributed by atoms with E-state index in [1.165, 1.54) is 12.3 Å². The van der Waals surface area contributed by atoms with Gasteiger partial charge in [0.25, 0.3) is 0 Å². The second-order valence-electron chi connectivity index (χ2n) is 3.97. The summed E-state index contributed by atoms with van der Waals surface area (Å²) in [6.45, 7) is 1.62. The SMILES string of the molecule is Cc1[nH]ncc1NS(=O)(=O)Cc1c(F)cccc1F. The minimum atomic E-state index is -3.92. The van der Waals surface area contributed by atoms with Crippen molar-refractivity contribution in [1.82, 2.24) is 10.2 Å². The lowest BCUT2D eigenvalue weighted by atomic mass is 10.2. The lowest BCUT2D eigenvalue weighted by Crippen LogP contribution is -2.17. The molecule has 0 spiro atoms. The molecule has 1 heterocycles. The fourth-order valence-corrected chi connectivity index (χ4v) is 2.79. The molecule has 0 unspecified atom stereocenters. The molecular weight excluding hydrogens is 276 g/mol. The van der Waals surface area contributed by atoms with Crippen LogP contribution in [-0.2, 0) is 15.8 Å². The standard InChI is InChI=1S/C11H11F2N3O2S/c1-7-11(5-14-15-7)16-19(17,18)6-8-9(12)3-2-4-10(8)13/h2-5,16H,6H2,1H3,(H,14,15). The third-order valence-corrected chi connectivity index (χ3v) is 3.69. The highest BCUT2D eigenvalue weighted by atomic mass is 32.2. The van der Waals surface area contributed by atoms with Crippen LogP contribution in [0.4, 0.5) is 14.5 Å². The van der Waals surface area contributed by atoms with Gasteiger partial charge in [-0.1, -0.05) is 6.07 Å². The zero-order valence-electron chi connectivity index (χ0n) is 9.94. The Morgan fingerprint density at radius 2 is 1.95 bits per heavy atom. The number of H-pyrrole nitrogens is 1. The van der Waals surface area contributed by atoms with Gasteiger partial charge >= 0.3 is 0 Å². The van der Waals surface area contributed by atoms with E-state index in [1.54, 1.807) is 6.92 Å². The molecule has 8 heteroatoms. The maximum Gasteiger partial charge on any atom is 0.237 e. The fourth-order valence-electron chi connectivity index (χ4n) is 1.52. The Hall–Kier alpha value is -1.96. The van der Waals surface area contributed by atoms with Gasteiger partial charge < -0.3 is 0 Å². The summed E-state index contributed by atoms with van der Waals surface area (Å²) in [6, 6.07) is 3.20. The van der Waals surface area contributed by atoms with Crippen molar-refractivity contribution in [2.45, 2.75) is 12.7 Å². The van der Waals surface area contributed by atoms with Gasteiger partial charge in [0.2, 0.25) is 10.0 Å². The maximum absolute atomic E-state index is 13.4. The second-order valence-corrected chi connectivity index (χ2v) is 5.69. The van der Waals surface area contributed by atoms with Gasteiger partial charge in [-0.2, -0.15) is 5.10 Å². The highest BCUT2D eigenvalue weighted by Gasteiger charge is 2.19. The minimum Gasteiger partial charge on any atom is -0.281 e. The molecule has 0 amide bonds. The van der Waals surface area contributed by atoms with E-state index in [0.717, 1.165) is 12.1 Å². The predicted octanol–water partition coefficient (Wildman–Crippen LogP) is 1.94. The number of nitrogens with one attached hydrogen (secondary N) is 2. The summed E-state index contributed by atoms with van der Waals surface area (Å²) < 4.78 is 52.7. The van der Waals surface area contributed by atoms with E-state index in [4.69, 9.17) is 0 Å². The highest BCUT2D eigenvalue weighted by molar-refractivity contribution is 7.91. The van der Waals surface area contributed by atoms with Gasteiger partial charge in [-0.25, -0.2) is 17.2 Å². The van der Waals surface area contributed by atoms with Crippen LogP contribution in [0.5, 0.6) is 0 Å². The van der Waals surface area contributed by atoms with Gasteiger partial charge in [0, 0.05) is 5.56 Å².